The molecule has 1 N–H and O–H groups in total. The Hall–Kier alpha value is -5.50. The van der Waals surface area contributed by atoms with Crippen molar-refractivity contribution in [2.45, 2.75) is 13.8 Å². The summed E-state index contributed by atoms with van der Waals surface area (Å²) < 4.78 is 4.74. The molecule has 4 aromatic carbocycles. The summed E-state index contributed by atoms with van der Waals surface area (Å²) in [5.74, 6) is -1.82. The molecule has 2 amide bonds. The number of carboxylic acid groups (broad SMARTS) is 1. The number of hydrogen-bond donors (Lipinski definition) is 1. The highest BCUT2D eigenvalue weighted by molar-refractivity contribution is 6.02. The first-order valence-electron chi connectivity index (χ1n) is 12.7. The predicted octanol–water partition coefficient (Wildman–Crippen LogP) is 6.71. The Morgan fingerprint density at radius 2 is 0.878 bits per heavy atom. The first-order chi connectivity index (χ1) is 19.7. The second kappa shape index (κ2) is 12.6. The molecule has 0 radical (unpaired) electrons. The number of rotatable bonds is 8. The third-order valence-electron chi connectivity index (χ3n) is 6.32. The lowest BCUT2D eigenvalue weighted by molar-refractivity contribution is -0.116. The van der Waals surface area contributed by atoms with Gasteiger partial charge in [0.1, 0.15) is 0 Å². The normalized spacial score (nSPS) is 10.7. The zero-order chi connectivity index (χ0) is 29.5. The molecule has 0 aromatic heterocycles. The van der Waals surface area contributed by atoms with E-state index in [1.54, 1.807) is 77.7 Å². The minimum atomic E-state index is -0.969. The van der Waals surface area contributed by atoms with E-state index in [1.807, 2.05) is 36.4 Å². The zero-order valence-electron chi connectivity index (χ0n) is 22.8. The summed E-state index contributed by atoms with van der Waals surface area (Å²) in [7, 11) is 1.31. The smallest absolute Gasteiger partial charge is 0.337 e. The van der Waals surface area contributed by atoms with Crippen LogP contribution in [-0.2, 0) is 14.3 Å². The van der Waals surface area contributed by atoms with Crippen LogP contribution in [0.1, 0.15) is 45.7 Å². The van der Waals surface area contributed by atoms with Crippen LogP contribution in [0.3, 0.4) is 0 Å². The number of carbonyl (C=O) groups excluding carboxylic acids is 3. The molecule has 0 saturated heterocycles. The molecular formula is C33H28N2O6. The molecule has 0 heterocycles. The number of carbonyl (C=O) groups is 4. The van der Waals surface area contributed by atoms with Crippen molar-refractivity contribution in [3.63, 3.8) is 0 Å². The fourth-order valence-electron chi connectivity index (χ4n) is 4.30. The molecule has 0 spiro atoms. The summed E-state index contributed by atoms with van der Waals surface area (Å²) in [6.07, 6.45) is 3.78. The largest absolute Gasteiger partial charge is 0.478 e. The van der Waals surface area contributed by atoms with Crippen molar-refractivity contribution in [2.75, 3.05) is 16.9 Å². The molecule has 0 unspecified atom stereocenters. The van der Waals surface area contributed by atoms with E-state index in [0.717, 1.165) is 11.1 Å². The fourth-order valence-corrected chi connectivity index (χ4v) is 4.30. The second-order valence-electron chi connectivity index (χ2n) is 9.12. The van der Waals surface area contributed by atoms with Crippen molar-refractivity contribution in [1.29, 1.82) is 0 Å². The Kier molecular flexibility index (Phi) is 8.74. The van der Waals surface area contributed by atoms with Crippen LogP contribution in [0.2, 0.25) is 0 Å². The van der Waals surface area contributed by atoms with Gasteiger partial charge in [-0.3, -0.25) is 19.4 Å². The lowest BCUT2D eigenvalue weighted by Gasteiger charge is -2.24. The summed E-state index contributed by atoms with van der Waals surface area (Å²) in [4.78, 5) is 51.0. The number of anilines is 4. The number of hydrogen-bond acceptors (Lipinski definition) is 5. The summed E-state index contributed by atoms with van der Waals surface area (Å²) in [6, 6.07) is 27.6. The molecule has 8 heteroatoms. The SMILES string of the molecule is COC(=O)c1ccc(N(C(C)=O)c2ccc(N(C(C)=O)c3ccc(/C=C/c4ccc(C(=O)O)cc4)cc3)cc2)cc1. The van der Waals surface area contributed by atoms with Crippen LogP contribution >= 0.6 is 0 Å². The number of methoxy groups -OCH3 is 1. The number of benzene rings is 4. The highest BCUT2D eigenvalue weighted by atomic mass is 16.5. The zero-order valence-corrected chi connectivity index (χ0v) is 22.8. The number of esters is 1. The molecule has 0 atom stereocenters. The van der Waals surface area contributed by atoms with Gasteiger partial charge in [-0.15, -0.1) is 0 Å². The summed E-state index contributed by atoms with van der Waals surface area (Å²) >= 11 is 0. The van der Waals surface area contributed by atoms with Crippen molar-refractivity contribution in [1.82, 2.24) is 0 Å². The third kappa shape index (κ3) is 6.75. The van der Waals surface area contributed by atoms with Gasteiger partial charge in [-0.25, -0.2) is 9.59 Å². The van der Waals surface area contributed by atoms with Crippen LogP contribution < -0.4 is 9.80 Å². The van der Waals surface area contributed by atoms with E-state index in [9.17, 15) is 19.2 Å². The molecule has 41 heavy (non-hydrogen) atoms. The number of amides is 2. The maximum atomic E-state index is 12.6. The summed E-state index contributed by atoms with van der Waals surface area (Å²) in [5, 5.41) is 9.04. The monoisotopic (exact) mass is 548 g/mol. The first-order valence-corrected chi connectivity index (χ1v) is 12.7. The van der Waals surface area contributed by atoms with Gasteiger partial charge in [-0.2, -0.15) is 0 Å². The maximum Gasteiger partial charge on any atom is 0.337 e. The quantitative estimate of drug-likeness (QED) is 0.194. The number of ether oxygens (including phenoxy) is 1. The molecular weight excluding hydrogens is 520 g/mol. The number of aromatic carboxylic acids is 1. The van der Waals surface area contributed by atoms with Gasteiger partial charge in [0.15, 0.2) is 0 Å². The molecule has 4 rings (SSSR count). The van der Waals surface area contributed by atoms with Crippen molar-refractivity contribution >= 4 is 58.7 Å². The van der Waals surface area contributed by atoms with Crippen molar-refractivity contribution in [2.24, 2.45) is 0 Å². The van der Waals surface area contributed by atoms with Gasteiger partial charge in [-0.1, -0.05) is 36.4 Å². The van der Waals surface area contributed by atoms with Gasteiger partial charge >= 0.3 is 11.9 Å². The molecule has 0 aliphatic carbocycles. The average molecular weight is 549 g/mol. The molecule has 0 fully saturated rings. The van der Waals surface area contributed by atoms with Crippen molar-refractivity contribution in [3.05, 3.63) is 119 Å². The van der Waals surface area contributed by atoms with Crippen LogP contribution in [0, 0.1) is 0 Å². The van der Waals surface area contributed by atoms with Gasteiger partial charge in [0.25, 0.3) is 0 Å². The first kappa shape index (κ1) is 28.5. The van der Waals surface area contributed by atoms with Crippen LogP contribution in [0.5, 0.6) is 0 Å². The van der Waals surface area contributed by atoms with Gasteiger partial charge in [-0.05, 0) is 83.9 Å². The Morgan fingerprint density at radius 1 is 0.561 bits per heavy atom. The van der Waals surface area contributed by atoms with E-state index in [2.05, 4.69) is 0 Å². The lowest BCUT2D eigenvalue weighted by Crippen LogP contribution is -2.24. The van der Waals surface area contributed by atoms with E-state index in [1.165, 1.54) is 25.9 Å². The lowest BCUT2D eigenvalue weighted by atomic mass is 10.1. The Balaban J connectivity index is 1.53. The van der Waals surface area contributed by atoms with E-state index < -0.39 is 11.9 Å². The molecule has 0 aliphatic rings. The van der Waals surface area contributed by atoms with E-state index >= 15 is 0 Å². The molecule has 0 bridgehead atoms. The second-order valence-corrected chi connectivity index (χ2v) is 9.12. The van der Waals surface area contributed by atoms with E-state index in [0.29, 0.717) is 28.3 Å². The Morgan fingerprint density at radius 3 is 1.22 bits per heavy atom. The Labute approximate surface area is 237 Å². The summed E-state index contributed by atoms with van der Waals surface area (Å²) in [5.41, 5.74) is 4.88. The Bertz CT molecular complexity index is 1590. The van der Waals surface area contributed by atoms with Crippen molar-refractivity contribution < 1.29 is 29.0 Å². The van der Waals surface area contributed by atoms with Gasteiger partial charge in [0.05, 0.1) is 18.2 Å². The highest BCUT2D eigenvalue weighted by Gasteiger charge is 2.18. The van der Waals surface area contributed by atoms with Gasteiger partial charge in [0, 0.05) is 36.6 Å². The van der Waals surface area contributed by atoms with E-state index in [-0.39, 0.29) is 17.4 Å². The number of nitrogens with zero attached hydrogens (tertiary/aromatic N) is 2. The minimum Gasteiger partial charge on any atom is -0.478 e. The summed E-state index contributed by atoms with van der Waals surface area (Å²) in [6.45, 7) is 2.93. The molecule has 0 saturated carbocycles. The van der Waals surface area contributed by atoms with Gasteiger partial charge < -0.3 is 9.84 Å². The average Bonchev–Trinajstić information content (AvgIpc) is 2.97. The molecule has 206 valence electrons. The van der Waals surface area contributed by atoms with Crippen LogP contribution in [-0.4, -0.2) is 36.0 Å². The maximum absolute atomic E-state index is 12.6. The standard InChI is InChI=1S/C33H28N2O6/c1-22(36)34(28-14-8-25(9-15-28)5-4-24-6-10-26(11-7-24)32(38)39)30-18-20-31(21-19-30)35(23(2)37)29-16-12-27(13-17-29)33(40)41-3/h4-21H,1-3H3,(H,38,39)/b5-4+. The number of carboxylic acids is 1. The van der Waals surface area contributed by atoms with Crippen LogP contribution in [0.15, 0.2) is 97.1 Å². The molecule has 0 aliphatic heterocycles. The highest BCUT2D eigenvalue weighted by Crippen LogP contribution is 2.31. The fraction of sp³-hybridized carbons (Fsp3) is 0.0909. The van der Waals surface area contributed by atoms with Crippen LogP contribution in [0.4, 0.5) is 22.7 Å². The minimum absolute atomic E-state index is 0.179. The third-order valence-corrected chi connectivity index (χ3v) is 6.32. The van der Waals surface area contributed by atoms with Gasteiger partial charge in [0.2, 0.25) is 11.8 Å². The predicted molar refractivity (Wildman–Crippen MR) is 159 cm³/mol. The van der Waals surface area contributed by atoms with Crippen LogP contribution in [0.25, 0.3) is 12.2 Å². The topological polar surface area (TPSA) is 104 Å². The van der Waals surface area contributed by atoms with E-state index in [4.69, 9.17) is 9.84 Å². The molecule has 8 nitrogen and oxygen atoms in total. The molecule has 4 aromatic rings. The van der Waals surface area contributed by atoms with Crippen molar-refractivity contribution in [3.8, 4) is 0 Å².